The van der Waals surface area contributed by atoms with E-state index in [2.05, 4.69) is 38.7 Å². The van der Waals surface area contributed by atoms with Gasteiger partial charge in [0.15, 0.2) is 5.96 Å². The van der Waals surface area contributed by atoms with Crippen molar-refractivity contribution in [3.05, 3.63) is 29.8 Å². The first kappa shape index (κ1) is 16.8. The van der Waals surface area contributed by atoms with Crippen molar-refractivity contribution in [2.24, 2.45) is 4.99 Å². The number of hydrogen-bond acceptors (Lipinski definition) is 5. The minimum Gasteiger partial charge on any atom is -0.494 e. The fourth-order valence-corrected chi connectivity index (χ4v) is 3.04. The average molecular weight is 330 g/mol. The van der Waals surface area contributed by atoms with Crippen LogP contribution in [0.2, 0.25) is 0 Å². The van der Waals surface area contributed by atoms with Crippen molar-refractivity contribution >= 4 is 11.9 Å². The van der Waals surface area contributed by atoms with Gasteiger partial charge in [0.2, 0.25) is 0 Å². The lowest BCUT2D eigenvalue weighted by Crippen LogP contribution is -2.34. The zero-order valence-corrected chi connectivity index (χ0v) is 14.1. The summed E-state index contributed by atoms with van der Waals surface area (Å²) in [5, 5.41) is 6.00. The molecule has 1 fully saturated rings. The number of carbonyl (C=O) groups is 1. The summed E-state index contributed by atoms with van der Waals surface area (Å²) in [4.78, 5) is 17.3. The highest BCUT2D eigenvalue weighted by molar-refractivity contribution is 6.00. The molecule has 0 saturated carbocycles. The van der Waals surface area contributed by atoms with Crippen LogP contribution in [0.3, 0.4) is 0 Å². The molecule has 0 atom stereocenters. The van der Waals surface area contributed by atoms with E-state index in [1.165, 1.54) is 37.9 Å². The topological polar surface area (TPSA) is 66.0 Å². The second-order valence-corrected chi connectivity index (χ2v) is 6.32. The largest absolute Gasteiger partial charge is 0.494 e. The number of hydrogen-bond donors (Lipinski definition) is 2. The van der Waals surface area contributed by atoms with Crippen molar-refractivity contribution < 1.29 is 9.53 Å². The predicted molar refractivity (Wildman–Crippen MR) is 94.1 cm³/mol. The van der Waals surface area contributed by atoms with Gasteiger partial charge in [-0.25, -0.2) is 0 Å². The summed E-state index contributed by atoms with van der Waals surface area (Å²) in [7, 11) is 0. The molecule has 130 valence electrons. The molecule has 1 saturated heterocycles. The van der Waals surface area contributed by atoms with Gasteiger partial charge in [0.25, 0.3) is 5.91 Å². The molecule has 6 heteroatoms. The Balaban J connectivity index is 1.36. The minimum atomic E-state index is -0.126. The van der Waals surface area contributed by atoms with E-state index in [-0.39, 0.29) is 5.91 Å². The first-order valence-electron chi connectivity index (χ1n) is 8.83. The van der Waals surface area contributed by atoms with Crippen LogP contribution in [0.1, 0.15) is 31.2 Å². The Bertz CT molecular complexity index is 582. The van der Waals surface area contributed by atoms with Gasteiger partial charge in [0.1, 0.15) is 5.75 Å². The Morgan fingerprint density at radius 1 is 1.25 bits per heavy atom. The van der Waals surface area contributed by atoms with Crippen molar-refractivity contribution in [1.82, 2.24) is 15.5 Å². The molecule has 1 aromatic rings. The fraction of sp³-hybridized carbons (Fsp3) is 0.556. The van der Waals surface area contributed by atoms with Crippen LogP contribution >= 0.6 is 0 Å². The van der Waals surface area contributed by atoms with Crippen LogP contribution < -0.4 is 15.4 Å². The molecule has 0 radical (unpaired) electrons. The summed E-state index contributed by atoms with van der Waals surface area (Å²) in [6, 6.07) is 8.39. The zero-order valence-electron chi connectivity index (χ0n) is 14.1. The third-order valence-corrected chi connectivity index (χ3v) is 4.28. The standard InChI is InChI=1S/C18H26N4O2/c23-17-13-20-18(21-17)19-8-5-11-24-16-7-4-6-15(12-16)14-22-9-2-1-3-10-22/h4,6-7,12H,1-3,5,8-11,13-14H2,(H2,19,20,21,23). The molecule has 1 aromatic carbocycles. The minimum absolute atomic E-state index is 0.126. The van der Waals surface area contributed by atoms with Gasteiger partial charge in [0.05, 0.1) is 13.2 Å². The Morgan fingerprint density at radius 2 is 2.12 bits per heavy atom. The highest BCUT2D eigenvalue weighted by Crippen LogP contribution is 2.17. The summed E-state index contributed by atoms with van der Waals surface area (Å²) in [5.41, 5.74) is 1.32. The quantitative estimate of drug-likeness (QED) is 0.742. The lowest BCUT2D eigenvalue weighted by Gasteiger charge is -2.26. The zero-order chi connectivity index (χ0) is 16.6. The smallest absolute Gasteiger partial charge is 0.268 e. The van der Waals surface area contributed by atoms with Gasteiger partial charge < -0.3 is 15.4 Å². The summed E-state index contributed by atoms with van der Waals surface area (Å²) in [5.74, 6) is 1.37. The number of nitrogens with one attached hydrogen (secondary N) is 2. The van der Waals surface area contributed by atoms with Crippen molar-refractivity contribution in [3.8, 4) is 5.75 Å². The molecule has 2 heterocycles. The molecular formula is C18H26N4O2. The van der Waals surface area contributed by atoms with Crippen LogP contribution in [0.4, 0.5) is 0 Å². The van der Waals surface area contributed by atoms with Crippen LogP contribution in [-0.2, 0) is 11.3 Å². The van der Waals surface area contributed by atoms with E-state index >= 15 is 0 Å². The number of ether oxygens (including phenoxy) is 1. The van der Waals surface area contributed by atoms with Crippen molar-refractivity contribution in [2.75, 3.05) is 32.8 Å². The monoisotopic (exact) mass is 330 g/mol. The molecule has 0 unspecified atom stereocenters. The number of piperidine rings is 1. The first-order chi connectivity index (χ1) is 11.8. The van der Waals surface area contributed by atoms with Crippen LogP contribution in [0.25, 0.3) is 0 Å². The molecule has 2 aliphatic heterocycles. The van der Waals surface area contributed by atoms with Gasteiger partial charge in [-0.1, -0.05) is 18.6 Å². The van der Waals surface area contributed by atoms with Crippen molar-refractivity contribution in [1.29, 1.82) is 0 Å². The lowest BCUT2D eigenvalue weighted by molar-refractivity contribution is -0.116. The lowest BCUT2D eigenvalue weighted by atomic mass is 10.1. The summed E-state index contributed by atoms with van der Waals surface area (Å²) in [6.07, 6.45) is 4.85. The van der Waals surface area contributed by atoms with Crippen LogP contribution in [0, 0.1) is 0 Å². The number of aliphatic imine (C=N–C) groups is 1. The normalized spacial score (nSPS) is 18.2. The molecule has 6 nitrogen and oxygen atoms in total. The molecular weight excluding hydrogens is 304 g/mol. The third kappa shape index (κ3) is 5.23. The Labute approximate surface area is 143 Å². The van der Waals surface area contributed by atoms with E-state index in [4.69, 9.17) is 4.74 Å². The number of likely N-dealkylation sites (tertiary alicyclic amines) is 1. The highest BCUT2D eigenvalue weighted by Gasteiger charge is 2.12. The van der Waals surface area contributed by atoms with Gasteiger partial charge in [-0.2, -0.15) is 4.99 Å². The molecule has 3 rings (SSSR count). The molecule has 24 heavy (non-hydrogen) atoms. The second kappa shape index (κ2) is 8.68. The van der Waals surface area contributed by atoms with Crippen LogP contribution in [0.15, 0.2) is 29.3 Å². The van der Waals surface area contributed by atoms with Crippen molar-refractivity contribution in [2.45, 2.75) is 32.2 Å². The Hall–Kier alpha value is -2.08. The number of rotatable bonds is 7. The van der Waals surface area contributed by atoms with E-state index in [9.17, 15) is 4.79 Å². The molecule has 2 aliphatic rings. The molecule has 0 bridgehead atoms. The molecule has 2 N–H and O–H groups in total. The number of carbonyl (C=O) groups excluding carboxylic acids is 1. The van der Waals surface area contributed by atoms with E-state index in [1.807, 2.05) is 6.07 Å². The maximum atomic E-state index is 11.0. The summed E-state index contributed by atoms with van der Waals surface area (Å²) >= 11 is 0. The van der Waals surface area contributed by atoms with E-state index in [1.54, 1.807) is 0 Å². The maximum absolute atomic E-state index is 11.0. The van der Waals surface area contributed by atoms with Gasteiger partial charge >= 0.3 is 0 Å². The third-order valence-electron chi connectivity index (χ3n) is 4.28. The predicted octanol–water partition coefficient (Wildman–Crippen LogP) is 1.52. The fourth-order valence-electron chi connectivity index (χ4n) is 3.04. The first-order valence-corrected chi connectivity index (χ1v) is 8.83. The molecule has 1 amide bonds. The molecule has 0 spiro atoms. The van der Waals surface area contributed by atoms with Crippen LogP contribution in [-0.4, -0.2) is 49.6 Å². The van der Waals surface area contributed by atoms with Gasteiger partial charge in [-0.15, -0.1) is 0 Å². The summed E-state index contributed by atoms with van der Waals surface area (Å²) in [6.45, 7) is 5.09. The summed E-state index contributed by atoms with van der Waals surface area (Å²) < 4.78 is 5.84. The Morgan fingerprint density at radius 3 is 2.92 bits per heavy atom. The number of guanidine groups is 1. The Kier molecular flexibility index (Phi) is 6.07. The highest BCUT2D eigenvalue weighted by atomic mass is 16.5. The maximum Gasteiger partial charge on any atom is 0.268 e. The average Bonchev–Trinajstić information content (AvgIpc) is 3.01. The molecule has 0 aliphatic carbocycles. The van der Waals surface area contributed by atoms with Crippen molar-refractivity contribution in [3.63, 3.8) is 0 Å². The van der Waals surface area contributed by atoms with E-state index in [0.29, 0.717) is 19.1 Å². The van der Waals surface area contributed by atoms with Gasteiger partial charge in [-0.05, 0) is 50.0 Å². The second-order valence-electron chi connectivity index (χ2n) is 6.32. The SMILES string of the molecule is O=C1CNC(NCCCOc2cccc(CN3CCCCC3)c2)=N1. The number of amides is 1. The van der Waals surface area contributed by atoms with Gasteiger partial charge in [-0.3, -0.25) is 9.69 Å². The number of nitrogens with zero attached hydrogens (tertiary/aromatic N) is 2. The van der Waals surface area contributed by atoms with E-state index in [0.717, 1.165) is 25.3 Å². The van der Waals surface area contributed by atoms with E-state index < -0.39 is 0 Å². The van der Waals surface area contributed by atoms with Crippen LogP contribution in [0.5, 0.6) is 5.75 Å². The van der Waals surface area contributed by atoms with Gasteiger partial charge in [0, 0.05) is 13.1 Å². The number of benzene rings is 1. The molecule has 0 aromatic heterocycles.